The second-order valence-electron chi connectivity index (χ2n) is 11.7. The van der Waals surface area contributed by atoms with E-state index >= 15 is 0 Å². The topological polar surface area (TPSA) is 67.7 Å². The van der Waals surface area contributed by atoms with Gasteiger partial charge < -0.3 is 14.5 Å². The molecule has 5 rings (SSSR count). The summed E-state index contributed by atoms with van der Waals surface area (Å²) in [7, 11) is 0. The number of rotatable bonds is 4. The van der Waals surface area contributed by atoms with Gasteiger partial charge in [0.1, 0.15) is 5.60 Å². The van der Waals surface area contributed by atoms with Crippen molar-refractivity contribution in [2.75, 3.05) is 26.2 Å². The number of halogens is 1. The van der Waals surface area contributed by atoms with E-state index in [0.717, 1.165) is 37.2 Å². The molecule has 0 aliphatic carbocycles. The lowest BCUT2D eigenvalue weighted by Crippen LogP contribution is -2.41. The van der Waals surface area contributed by atoms with Crippen molar-refractivity contribution in [3.8, 4) is 5.69 Å². The summed E-state index contributed by atoms with van der Waals surface area (Å²) in [6.07, 6.45) is 3.80. The van der Waals surface area contributed by atoms with E-state index in [1.165, 1.54) is 11.1 Å². The first-order valence-corrected chi connectivity index (χ1v) is 14.1. The molecular weight excluding hydrogens is 512 g/mol. The van der Waals surface area contributed by atoms with Gasteiger partial charge in [-0.3, -0.25) is 4.79 Å². The van der Waals surface area contributed by atoms with Gasteiger partial charge in [0.25, 0.3) is 5.91 Å². The van der Waals surface area contributed by atoms with Gasteiger partial charge in [0.05, 0.1) is 23.1 Å². The molecule has 2 saturated heterocycles. The molecule has 3 aromatic rings. The molecule has 0 spiro atoms. The number of likely N-dealkylation sites (tertiary alicyclic amines) is 2. The second kappa shape index (κ2) is 11.0. The van der Waals surface area contributed by atoms with Crippen LogP contribution in [0.3, 0.4) is 0 Å². The fourth-order valence-corrected chi connectivity index (χ4v) is 5.80. The minimum atomic E-state index is -0.537. The first-order chi connectivity index (χ1) is 18.6. The molecule has 2 aliphatic rings. The fourth-order valence-electron chi connectivity index (χ4n) is 5.62. The SMILES string of the molecule is Cc1ccc([C@@H]2CCN(C(=O)c3cnn(-c4cccc(Cl)c4)c3C3CCN(C(=O)OC(C)(C)C)CC3)C2)cc1. The predicted octanol–water partition coefficient (Wildman–Crippen LogP) is 6.58. The van der Waals surface area contributed by atoms with Crippen LogP contribution in [0.2, 0.25) is 5.02 Å². The Morgan fingerprint density at radius 1 is 0.949 bits per heavy atom. The van der Waals surface area contributed by atoms with E-state index in [1.54, 1.807) is 11.1 Å². The van der Waals surface area contributed by atoms with E-state index in [2.05, 4.69) is 36.3 Å². The molecule has 2 aliphatic heterocycles. The molecule has 3 heterocycles. The van der Waals surface area contributed by atoms with Crippen molar-refractivity contribution in [2.24, 2.45) is 0 Å². The number of benzene rings is 2. The average molecular weight is 549 g/mol. The Bertz CT molecular complexity index is 1340. The number of ether oxygens (including phenoxy) is 1. The zero-order chi connectivity index (χ0) is 27.7. The van der Waals surface area contributed by atoms with Crippen molar-refractivity contribution in [3.05, 3.63) is 82.1 Å². The lowest BCUT2D eigenvalue weighted by atomic mass is 9.90. The molecule has 2 aromatic carbocycles. The molecule has 2 fully saturated rings. The van der Waals surface area contributed by atoms with Crippen molar-refractivity contribution >= 4 is 23.6 Å². The number of nitrogens with zero attached hydrogens (tertiary/aromatic N) is 4. The summed E-state index contributed by atoms with van der Waals surface area (Å²) in [4.78, 5) is 30.3. The molecule has 0 saturated carbocycles. The van der Waals surface area contributed by atoms with Gasteiger partial charge in [-0.1, -0.05) is 47.5 Å². The minimum absolute atomic E-state index is 0.0162. The molecule has 2 amide bonds. The van der Waals surface area contributed by atoms with Crippen LogP contribution in [0.5, 0.6) is 0 Å². The minimum Gasteiger partial charge on any atom is -0.444 e. The smallest absolute Gasteiger partial charge is 0.410 e. The zero-order valence-corrected chi connectivity index (χ0v) is 23.9. The summed E-state index contributed by atoms with van der Waals surface area (Å²) < 4.78 is 7.45. The average Bonchev–Trinajstić information content (AvgIpc) is 3.56. The lowest BCUT2D eigenvalue weighted by Gasteiger charge is -2.34. The van der Waals surface area contributed by atoms with Crippen LogP contribution >= 0.6 is 11.6 Å². The Labute approximate surface area is 235 Å². The number of carbonyl (C=O) groups excluding carboxylic acids is 2. The van der Waals surface area contributed by atoms with Gasteiger partial charge >= 0.3 is 6.09 Å². The number of amides is 2. The predicted molar refractivity (Wildman–Crippen MR) is 153 cm³/mol. The van der Waals surface area contributed by atoms with E-state index < -0.39 is 5.60 Å². The largest absolute Gasteiger partial charge is 0.444 e. The molecular formula is C31H37ClN4O3. The first kappa shape index (κ1) is 27.3. The summed E-state index contributed by atoms with van der Waals surface area (Å²) >= 11 is 6.32. The molecule has 7 nitrogen and oxygen atoms in total. The molecule has 0 N–H and O–H groups in total. The van der Waals surface area contributed by atoms with E-state index in [1.807, 2.05) is 54.6 Å². The number of hydrogen-bond donors (Lipinski definition) is 0. The zero-order valence-electron chi connectivity index (χ0n) is 23.2. The van der Waals surface area contributed by atoms with Crippen LogP contribution in [0.15, 0.2) is 54.7 Å². The maximum Gasteiger partial charge on any atom is 0.410 e. The number of aryl methyl sites for hydroxylation is 1. The summed E-state index contributed by atoms with van der Waals surface area (Å²) in [5, 5.41) is 5.30. The summed E-state index contributed by atoms with van der Waals surface area (Å²) in [6.45, 7) is 10.3. The number of aromatic nitrogens is 2. The van der Waals surface area contributed by atoms with Crippen LogP contribution in [0, 0.1) is 6.92 Å². The van der Waals surface area contributed by atoms with Crippen molar-refractivity contribution < 1.29 is 14.3 Å². The third-order valence-electron chi connectivity index (χ3n) is 7.65. The van der Waals surface area contributed by atoms with Crippen LogP contribution in [-0.2, 0) is 4.74 Å². The standard InChI is InChI=1S/C31H37ClN4O3/c1-21-8-10-22(11-9-21)24-14-17-35(20-24)29(37)27-19-33-36(26-7-5-6-25(32)18-26)28(27)23-12-15-34(16-13-23)30(38)39-31(2,3)4/h5-11,18-19,23-24H,12-17,20H2,1-4H3/t24-/m1/s1. The molecule has 39 heavy (non-hydrogen) atoms. The molecule has 8 heteroatoms. The molecule has 0 bridgehead atoms. The first-order valence-electron chi connectivity index (χ1n) is 13.8. The summed E-state index contributed by atoms with van der Waals surface area (Å²) in [5.41, 5.74) is 4.33. The monoisotopic (exact) mass is 548 g/mol. The van der Waals surface area contributed by atoms with Crippen molar-refractivity contribution in [2.45, 2.75) is 64.4 Å². The molecule has 1 aromatic heterocycles. The Hall–Kier alpha value is -3.32. The Morgan fingerprint density at radius 3 is 2.28 bits per heavy atom. The Balaban J connectivity index is 1.39. The number of piperidine rings is 1. The normalized spacial score (nSPS) is 18.4. The summed E-state index contributed by atoms with van der Waals surface area (Å²) in [6, 6.07) is 16.2. The molecule has 0 unspecified atom stereocenters. The van der Waals surface area contributed by atoms with Crippen molar-refractivity contribution in [1.82, 2.24) is 19.6 Å². The third-order valence-corrected chi connectivity index (χ3v) is 7.88. The lowest BCUT2D eigenvalue weighted by molar-refractivity contribution is 0.0203. The molecule has 0 radical (unpaired) electrons. The number of hydrogen-bond acceptors (Lipinski definition) is 4. The highest BCUT2D eigenvalue weighted by molar-refractivity contribution is 6.30. The second-order valence-corrected chi connectivity index (χ2v) is 12.2. The van der Waals surface area contributed by atoms with Crippen LogP contribution in [0.1, 0.15) is 79.0 Å². The van der Waals surface area contributed by atoms with Crippen LogP contribution < -0.4 is 0 Å². The molecule has 1 atom stereocenters. The highest BCUT2D eigenvalue weighted by Crippen LogP contribution is 2.35. The van der Waals surface area contributed by atoms with Gasteiger partial charge in [0.2, 0.25) is 0 Å². The molecule has 206 valence electrons. The Kier molecular flexibility index (Phi) is 7.72. The van der Waals surface area contributed by atoms with Crippen LogP contribution in [0.4, 0.5) is 4.79 Å². The van der Waals surface area contributed by atoms with Crippen LogP contribution in [-0.4, -0.2) is 63.4 Å². The van der Waals surface area contributed by atoms with Gasteiger partial charge in [-0.15, -0.1) is 0 Å². The number of carbonyl (C=O) groups is 2. The van der Waals surface area contributed by atoms with E-state index in [9.17, 15) is 9.59 Å². The maximum absolute atomic E-state index is 13.9. The highest BCUT2D eigenvalue weighted by atomic mass is 35.5. The van der Waals surface area contributed by atoms with Crippen molar-refractivity contribution in [3.63, 3.8) is 0 Å². The highest BCUT2D eigenvalue weighted by Gasteiger charge is 2.35. The van der Waals surface area contributed by atoms with Gasteiger partial charge in [-0.2, -0.15) is 5.10 Å². The maximum atomic E-state index is 13.9. The summed E-state index contributed by atoms with van der Waals surface area (Å²) in [5.74, 6) is 0.417. The van der Waals surface area contributed by atoms with Gasteiger partial charge in [0.15, 0.2) is 0 Å². The van der Waals surface area contributed by atoms with E-state index in [4.69, 9.17) is 16.3 Å². The quantitative estimate of drug-likeness (QED) is 0.369. The van der Waals surface area contributed by atoms with Gasteiger partial charge in [-0.05, 0) is 70.7 Å². The van der Waals surface area contributed by atoms with Crippen molar-refractivity contribution in [1.29, 1.82) is 0 Å². The fraction of sp³-hybridized carbons (Fsp3) is 0.452. The van der Waals surface area contributed by atoms with Gasteiger partial charge in [-0.25, -0.2) is 9.48 Å². The van der Waals surface area contributed by atoms with Crippen LogP contribution in [0.25, 0.3) is 5.69 Å². The van der Waals surface area contributed by atoms with Gasteiger partial charge in [0, 0.05) is 43.0 Å². The van der Waals surface area contributed by atoms with E-state index in [-0.39, 0.29) is 17.9 Å². The Morgan fingerprint density at radius 2 is 1.62 bits per heavy atom. The third kappa shape index (κ3) is 6.14. The van der Waals surface area contributed by atoms with E-state index in [0.29, 0.717) is 36.1 Å².